The molecule has 3 aromatic rings. The molecule has 0 aliphatic rings. The number of anilines is 3. The minimum atomic E-state index is -4.59. The number of nitrogens with two attached hydrogens (primary N) is 1. The van der Waals surface area contributed by atoms with Gasteiger partial charge in [-0.05, 0) is 35.9 Å². The molecule has 0 bridgehead atoms. The van der Waals surface area contributed by atoms with E-state index in [1.807, 2.05) is 6.07 Å². The fourth-order valence-corrected chi connectivity index (χ4v) is 2.73. The van der Waals surface area contributed by atoms with Gasteiger partial charge in [-0.1, -0.05) is 23.7 Å². The van der Waals surface area contributed by atoms with Crippen molar-refractivity contribution in [1.82, 2.24) is 9.97 Å². The molecule has 29 heavy (non-hydrogen) atoms. The molecular formula is C19H15ClF3N5O. The van der Waals surface area contributed by atoms with Crippen molar-refractivity contribution >= 4 is 34.7 Å². The Labute approximate surface area is 168 Å². The summed E-state index contributed by atoms with van der Waals surface area (Å²) >= 11 is 5.81. The van der Waals surface area contributed by atoms with Crippen LogP contribution in [0.4, 0.5) is 30.4 Å². The van der Waals surface area contributed by atoms with Crippen molar-refractivity contribution in [3.63, 3.8) is 0 Å². The van der Waals surface area contributed by atoms with Crippen molar-refractivity contribution in [2.24, 2.45) is 0 Å². The number of nitrogens with zero attached hydrogens (tertiary/aromatic N) is 2. The summed E-state index contributed by atoms with van der Waals surface area (Å²) in [4.78, 5) is 19.9. The molecule has 1 aromatic carbocycles. The average Bonchev–Trinajstić information content (AvgIpc) is 2.67. The summed E-state index contributed by atoms with van der Waals surface area (Å²) in [5, 5.41) is 5.32. The highest BCUT2D eigenvalue weighted by atomic mass is 35.5. The standard InChI is InChI=1S/C19H15ClF3N5O/c20-14-8-12(19(21,22)23)10-27-16(14)18(29)28-13-4-1-3-11(7-13)9-26-15-5-2-6-25-17(15)24/h1-8,10,26H,9H2,(H2,24,25)(H,28,29). The molecule has 4 N–H and O–H groups in total. The number of alkyl halides is 3. The molecule has 0 saturated heterocycles. The maximum atomic E-state index is 12.7. The third-order valence-corrected chi connectivity index (χ3v) is 4.18. The maximum Gasteiger partial charge on any atom is 0.417 e. The van der Waals surface area contributed by atoms with E-state index >= 15 is 0 Å². The van der Waals surface area contributed by atoms with E-state index in [0.717, 1.165) is 5.56 Å². The Balaban J connectivity index is 1.70. The fraction of sp³-hybridized carbons (Fsp3) is 0.105. The van der Waals surface area contributed by atoms with Gasteiger partial charge in [0.2, 0.25) is 0 Å². The van der Waals surface area contributed by atoms with Crippen LogP contribution in [0, 0.1) is 0 Å². The zero-order chi connectivity index (χ0) is 21.0. The lowest BCUT2D eigenvalue weighted by molar-refractivity contribution is -0.137. The number of pyridine rings is 2. The molecule has 0 atom stereocenters. The second kappa shape index (κ2) is 8.36. The lowest BCUT2D eigenvalue weighted by Crippen LogP contribution is -2.16. The average molecular weight is 422 g/mol. The number of carbonyl (C=O) groups excluding carboxylic acids is 1. The Morgan fingerprint density at radius 2 is 1.93 bits per heavy atom. The Morgan fingerprint density at radius 3 is 2.62 bits per heavy atom. The highest BCUT2D eigenvalue weighted by Gasteiger charge is 2.32. The van der Waals surface area contributed by atoms with Gasteiger partial charge in [-0.2, -0.15) is 13.2 Å². The monoisotopic (exact) mass is 421 g/mol. The first-order chi connectivity index (χ1) is 13.7. The molecule has 0 saturated carbocycles. The molecule has 150 valence electrons. The van der Waals surface area contributed by atoms with Crippen molar-refractivity contribution in [2.45, 2.75) is 12.7 Å². The van der Waals surface area contributed by atoms with Crippen molar-refractivity contribution < 1.29 is 18.0 Å². The van der Waals surface area contributed by atoms with Crippen LogP contribution in [0.2, 0.25) is 5.02 Å². The Kier molecular flexibility index (Phi) is 5.88. The second-order valence-electron chi connectivity index (χ2n) is 6.00. The lowest BCUT2D eigenvalue weighted by Gasteiger charge is -2.11. The van der Waals surface area contributed by atoms with Crippen LogP contribution in [-0.2, 0) is 12.7 Å². The van der Waals surface area contributed by atoms with E-state index in [4.69, 9.17) is 17.3 Å². The summed E-state index contributed by atoms with van der Waals surface area (Å²) in [7, 11) is 0. The zero-order valence-corrected chi connectivity index (χ0v) is 15.6. The lowest BCUT2D eigenvalue weighted by atomic mass is 10.2. The first-order valence-corrected chi connectivity index (χ1v) is 8.69. The van der Waals surface area contributed by atoms with Crippen LogP contribution < -0.4 is 16.4 Å². The van der Waals surface area contributed by atoms with E-state index in [1.54, 1.807) is 36.5 Å². The molecule has 6 nitrogen and oxygen atoms in total. The molecule has 0 aliphatic carbocycles. The van der Waals surface area contributed by atoms with E-state index in [9.17, 15) is 18.0 Å². The van der Waals surface area contributed by atoms with Crippen LogP contribution in [0.25, 0.3) is 0 Å². The van der Waals surface area contributed by atoms with Crippen molar-refractivity contribution in [1.29, 1.82) is 0 Å². The summed E-state index contributed by atoms with van der Waals surface area (Å²) < 4.78 is 38.1. The van der Waals surface area contributed by atoms with Gasteiger partial charge in [-0.25, -0.2) is 9.97 Å². The highest BCUT2D eigenvalue weighted by Crippen LogP contribution is 2.31. The van der Waals surface area contributed by atoms with Gasteiger partial charge in [0.15, 0.2) is 0 Å². The summed E-state index contributed by atoms with van der Waals surface area (Å²) in [5.41, 5.74) is 6.39. The Morgan fingerprint density at radius 1 is 1.14 bits per heavy atom. The van der Waals surface area contributed by atoms with Crippen LogP contribution in [0.3, 0.4) is 0 Å². The molecule has 0 fully saturated rings. The smallest absolute Gasteiger partial charge is 0.382 e. The number of carbonyl (C=O) groups is 1. The highest BCUT2D eigenvalue weighted by molar-refractivity contribution is 6.34. The third kappa shape index (κ3) is 5.14. The number of rotatable bonds is 5. The van der Waals surface area contributed by atoms with Crippen molar-refractivity contribution in [3.05, 3.63) is 76.7 Å². The molecule has 1 amide bonds. The van der Waals surface area contributed by atoms with Crippen LogP contribution in [0.5, 0.6) is 0 Å². The topological polar surface area (TPSA) is 92.9 Å². The van der Waals surface area contributed by atoms with Gasteiger partial charge in [0.1, 0.15) is 11.5 Å². The van der Waals surface area contributed by atoms with Gasteiger partial charge in [0.25, 0.3) is 5.91 Å². The van der Waals surface area contributed by atoms with Gasteiger partial charge in [-0.3, -0.25) is 4.79 Å². The molecule has 10 heteroatoms. The number of nitrogen functional groups attached to an aromatic ring is 1. The zero-order valence-electron chi connectivity index (χ0n) is 14.8. The number of benzene rings is 1. The number of aromatic nitrogens is 2. The van der Waals surface area contributed by atoms with E-state index in [2.05, 4.69) is 20.6 Å². The van der Waals surface area contributed by atoms with E-state index in [1.165, 1.54) is 0 Å². The minimum absolute atomic E-state index is 0.300. The maximum absolute atomic E-state index is 12.7. The fourth-order valence-electron chi connectivity index (χ4n) is 2.47. The molecule has 2 aromatic heterocycles. The molecule has 0 radical (unpaired) electrons. The normalized spacial score (nSPS) is 11.2. The number of amides is 1. The third-order valence-electron chi connectivity index (χ3n) is 3.89. The SMILES string of the molecule is Nc1ncccc1NCc1cccc(NC(=O)c2ncc(C(F)(F)F)cc2Cl)c1. The first-order valence-electron chi connectivity index (χ1n) is 8.31. The number of hydrogen-bond acceptors (Lipinski definition) is 5. The predicted molar refractivity (Wildman–Crippen MR) is 105 cm³/mol. The molecule has 0 spiro atoms. The summed E-state index contributed by atoms with van der Waals surface area (Å²) in [6, 6.07) is 11.1. The summed E-state index contributed by atoms with van der Waals surface area (Å²) in [6.45, 7) is 0.416. The molecule has 0 aliphatic heterocycles. The number of nitrogens with one attached hydrogen (secondary N) is 2. The van der Waals surface area contributed by atoms with E-state index in [0.29, 0.717) is 36.0 Å². The van der Waals surface area contributed by atoms with Crippen molar-refractivity contribution in [3.8, 4) is 0 Å². The van der Waals surface area contributed by atoms with Crippen LogP contribution in [-0.4, -0.2) is 15.9 Å². The largest absolute Gasteiger partial charge is 0.417 e. The van der Waals surface area contributed by atoms with Crippen LogP contribution in [0.15, 0.2) is 54.9 Å². The summed E-state index contributed by atoms with van der Waals surface area (Å²) in [5.74, 6) is -0.356. The predicted octanol–water partition coefficient (Wildman–Crippen LogP) is 4.60. The molecule has 2 heterocycles. The Hall–Kier alpha value is -3.33. The van der Waals surface area contributed by atoms with Gasteiger partial charge in [0.05, 0.1) is 16.3 Å². The van der Waals surface area contributed by atoms with E-state index in [-0.39, 0.29) is 10.7 Å². The quantitative estimate of drug-likeness (QED) is 0.560. The second-order valence-corrected chi connectivity index (χ2v) is 6.40. The Bertz CT molecular complexity index is 1040. The molecule has 0 unspecified atom stereocenters. The van der Waals surface area contributed by atoms with Crippen LogP contribution in [0.1, 0.15) is 21.6 Å². The summed E-state index contributed by atoms with van der Waals surface area (Å²) in [6.07, 6.45) is -2.44. The van der Waals surface area contributed by atoms with Gasteiger partial charge >= 0.3 is 6.18 Å². The number of halogens is 4. The molecular weight excluding hydrogens is 407 g/mol. The van der Waals surface area contributed by atoms with Crippen LogP contribution >= 0.6 is 11.6 Å². The van der Waals surface area contributed by atoms with Crippen molar-refractivity contribution in [2.75, 3.05) is 16.4 Å². The minimum Gasteiger partial charge on any atom is -0.382 e. The van der Waals surface area contributed by atoms with E-state index < -0.39 is 17.6 Å². The first kappa shape index (κ1) is 20.4. The van der Waals surface area contributed by atoms with Gasteiger partial charge < -0.3 is 16.4 Å². The number of hydrogen-bond donors (Lipinski definition) is 3. The van der Waals surface area contributed by atoms with Gasteiger partial charge in [0, 0.05) is 24.6 Å². The molecule has 3 rings (SSSR count). The van der Waals surface area contributed by atoms with Gasteiger partial charge in [-0.15, -0.1) is 0 Å².